The molecule has 0 saturated heterocycles. The summed E-state index contributed by atoms with van der Waals surface area (Å²) >= 11 is 0. The van der Waals surface area contributed by atoms with Crippen molar-refractivity contribution >= 4 is 21.8 Å². The van der Waals surface area contributed by atoms with E-state index in [1.54, 1.807) is 30.3 Å². The Morgan fingerprint density at radius 3 is 2.21 bits per heavy atom. The minimum atomic E-state index is -3.73. The summed E-state index contributed by atoms with van der Waals surface area (Å²) in [6, 6.07) is 13.5. The number of amides is 2. The third kappa shape index (κ3) is 8.56. The lowest BCUT2D eigenvalue weighted by Crippen LogP contribution is -2.51. The summed E-state index contributed by atoms with van der Waals surface area (Å²) in [6.07, 6.45) is 1.39. The zero-order valence-electron chi connectivity index (χ0n) is 18.8. The van der Waals surface area contributed by atoms with E-state index >= 15 is 0 Å². The smallest absolute Gasteiger partial charge is 0.242 e. The second-order valence-electron chi connectivity index (χ2n) is 7.71. The molecule has 0 saturated carbocycles. The third-order valence-corrected chi connectivity index (χ3v) is 6.25. The fourth-order valence-corrected chi connectivity index (χ4v) is 3.86. The van der Waals surface area contributed by atoms with Crippen molar-refractivity contribution in [2.75, 3.05) is 26.0 Å². The number of hydrogen-bond acceptors (Lipinski definition) is 5. The standard InChI is InChI=1S/C23H30FN3O5S/c1-18(23(30)25-13-6-14-28)27(16-20-9-11-21(24)12-10-20)22(29)17-26(33(2,31)32)15-19-7-4-3-5-8-19/h3-5,7-12,18,28H,6,13-17H2,1-2H3,(H,25,30)/t18-/m0/s1. The maximum atomic E-state index is 13.3. The second kappa shape index (κ2) is 12.4. The molecule has 180 valence electrons. The summed E-state index contributed by atoms with van der Waals surface area (Å²) in [4.78, 5) is 27.1. The average molecular weight is 480 g/mol. The van der Waals surface area contributed by atoms with Crippen LogP contribution in [0.2, 0.25) is 0 Å². The molecule has 33 heavy (non-hydrogen) atoms. The number of aliphatic hydroxyl groups is 1. The molecule has 10 heteroatoms. The summed E-state index contributed by atoms with van der Waals surface area (Å²) in [5, 5.41) is 11.6. The van der Waals surface area contributed by atoms with Crippen LogP contribution in [0.4, 0.5) is 4.39 Å². The van der Waals surface area contributed by atoms with E-state index in [1.807, 2.05) is 0 Å². The van der Waals surface area contributed by atoms with Gasteiger partial charge in [-0.15, -0.1) is 0 Å². The van der Waals surface area contributed by atoms with E-state index in [4.69, 9.17) is 5.11 Å². The fourth-order valence-electron chi connectivity index (χ4n) is 3.13. The molecule has 8 nitrogen and oxygen atoms in total. The lowest BCUT2D eigenvalue weighted by molar-refractivity contribution is -0.140. The van der Waals surface area contributed by atoms with Crippen molar-refractivity contribution < 1.29 is 27.5 Å². The zero-order chi connectivity index (χ0) is 24.4. The Kier molecular flexibility index (Phi) is 9.95. The Bertz CT molecular complexity index is 1020. The summed E-state index contributed by atoms with van der Waals surface area (Å²) in [7, 11) is -3.73. The highest BCUT2D eigenvalue weighted by Gasteiger charge is 2.29. The number of carbonyl (C=O) groups is 2. The Balaban J connectivity index is 2.25. The predicted molar refractivity (Wildman–Crippen MR) is 123 cm³/mol. The fraction of sp³-hybridized carbons (Fsp3) is 0.391. The number of sulfonamides is 1. The van der Waals surface area contributed by atoms with Gasteiger partial charge < -0.3 is 15.3 Å². The van der Waals surface area contributed by atoms with Crippen molar-refractivity contribution in [2.24, 2.45) is 0 Å². The Hall–Kier alpha value is -2.82. The molecule has 0 aliphatic heterocycles. The van der Waals surface area contributed by atoms with E-state index in [9.17, 15) is 22.4 Å². The highest BCUT2D eigenvalue weighted by atomic mass is 32.2. The number of nitrogens with one attached hydrogen (secondary N) is 1. The van der Waals surface area contributed by atoms with Crippen molar-refractivity contribution in [2.45, 2.75) is 32.5 Å². The van der Waals surface area contributed by atoms with Crippen LogP contribution in [0.5, 0.6) is 0 Å². The lowest BCUT2D eigenvalue weighted by atomic mass is 10.1. The first-order valence-electron chi connectivity index (χ1n) is 10.5. The highest BCUT2D eigenvalue weighted by Crippen LogP contribution is 2.14. The van der Waals surface area contributed by atoms with Gasteiger partial charge in [0, 0.05) is 26.2 Å². The van der Waals surface area contributed by atoms with Gasteiger partial charge in [0.1, 0.15) is 11.9 Å². The number of carbonyl (C=O) groups excluding carboxylic acids is 2. The van der Waals surface area contributed by atoms with Gasteiger partial charge in [-0.25, -0.2) is 12.8 Å². The van der Waals surface area contributed by atoms with E-state index < -0.39 is 40.2 Å². The number of hydrogen-bond donors (Lipinski definition) is 2. The van der Waals surface area contributed by atoms with Crippen LogP contribution in [0.3, 0.4) is 0 Å². The molecule has 0 aliphatic carbocycles. The van der Waals surface area contributed by atoms with Crippen molar-refractivity contribution in [3.05, 3.63) is 71.5 Å². The third-order valence-electron chi connectivity index (χ3n) is 5.05. The van der Waals surface area contributed by atoms with E-state index in [1.165, 1.54) is 36.1 Å². The van der Waals surface area contributed by atoms with Crippen LogP contribution >= 0.6 is 0 Å². The highest BCUT2D eigenvalue weighted by molar-refractivity contribution is 7.88. The maximum absolute atomic E-state index is 13.3. The molecule has 0 unspecified atom stereocenters. The molecule has 2 aromatic carbocycles. The number of halogens is 1. The summed E-state index contributed by atoms with van der Waals surface area (Å²) in [6.45, 7) is 1.24. The molecule has 0 fully saturated rings. The number of rotatable bonds is 12. The van der Waals surface area contributed by atoms with Crippen molar-refractivity contribution in [1.29, 1.82) is 0 Å². The molecule has 0 bridgehead atoms. The Morgan fingerprint density at radius 1 is 1.03 bits per heavy atom. The predicted octanol–water partition coefficient (Wildman–Crippen LogP) is 1.50. The van der Waals surface area contributed by atoms with Gasteiger partial charge in [-0.2, -0.15) is 4.31 Å². The molecule has 0 aromatic heterocycles. The number of aliphatic hydroxyl groups excluding tert-OH is 1. The van der Waals surface area contributed by atoms with Crippen LogP contribution in [-0.2, 0) is 32.7 Å². The van der Waals surface area contributed by atoms with E-state index in [0.717, 1.165) is 16.1 Å². The Labute approximate surface area is 194 Å². The average Bonchev–Trinajstić information content (AvgIpc) is 2.78. The first-order chi connectivity index (χ1) is 15.6. The minimum Gasteiger partial charge on any atom is -0.396 e. The number of nitrogens with zero attached hydrogens (tertiary/aromatic N) is 2. The summed E-state index contributed by atoms with van der Waals surface area (Å²) < 4.78 is 39.1. The molecular weight excluding hydrogens is 449 g/mol. The van der Waals surface area contributed by atoms with Crippen molar-refractivity contribution in [1.82, 2.24) is 14.5 Å². The zero-order valence-corrected chi connectivity index (χ0v) is 19.6. The summed E-state index contributed by atoms with van der Waals surface area (Å²) in [5.41, 5.74) is 1.31. The largest absolute Gasteiger partial charge is 0.396 e. The van der Waals surface area contributed by atoms with Crippen molar-refractivity contribution in [3.63, 3.8) is 0 Å². The van der Waals surface area contributed by atoms with Crippen LogP contribution in [0.1, 0.15) is 24.5 Å². The maximum Gasteiger partial charge on any atom is 0.242 e. The van der Waals surface area contributed by atoms with E-state index in [2.05, 4.69) is 5.32 Å². The first kappa shape index (κ1) is 26.4. The van der Waals surface area contributed by atoms with Gasteiger partial charge in [-0.1, -0.05) is 42.5 Å². The molecule has 0 radical (unpaired) electrons. The molecule has 2 N–H and O–H groups in total. The summed E-state index contributed by atoms with van der Waals surface area (Å²) in [5.74, 6) is -1.43. The normalized spacial score (nSPS) is 12.4. The molecule has 2 amide bonds. The SMILES string of the molecule is C[C@@H](C(=O)NCCCO)N(Cc1ccc(F)cc1)C(=O)CN(Cc1ccccc1)S(C)(=O)=O. The van der Waals surface area contributed by atoms with Crippen molar-refractivity contribution in [3.8, 4) is 0 Å². The minimum absolute atomic E-state index is 0.00333. The lowest BCUT2D eigenvalue weighted by Gasteiger charge is -2.31. The topological polar surface area (TPSA) is 107 Å². The molecule has 2 aromatic rings. The van der Waals surface area contributed by atoms with Crippen LogP contribution in [0, 0.1) is 5.82 Å². The first-order valence-corrected chi connectivity index (χ1v) is 12.4. The van der Waals surface area contributed by atoms with Gasteiger partial charge in [0.15, 0.2) is 0 Å². The quantitative estimate of drug-likeness (QED) is 0.449. The molecule has 1 atom stereocenters. The van der Waals surface area contributed by atoms with Crippen LogP contribution < -0.4 is 5.32 Å². The number of benzene rings is 2. The van der Waals surface area contributed by atoms with Gasteiger partial charge in [-0.05, 0) is 36.6 Å². The van der Waals surface area contributed by atoms with Gasteiger partial charge in [0.25, 0.3) is 0 Å². The van der Waals surface area contributed by atoms with Gasteiger partial charge in [0.05, 0.1) is 12.8 Å². The van der Waals surface area contributed by atoms with E-state index in [-0.39, 0.29) is 26.2 Å². The van der Waals surface area contributed by atoms with Gasteiger partial charge >= 0.3 is 0 Å². The van der Waals surface area contributed by atoms with Crippen LogP contribution in [0.25, 0.3) is 0 Å². The molecule has 0 spiro atoms. The van der Waals surface area contributed by atoms with Gasteiger partial charge in [0.2, 0.25) is 21.8 Å². The van der Waals surface area contributed by atoms with E-state index in [0.29, 0.717) is 12.0 Å². The van der Waals surface area contributed by atoms with Gasteiger partial charge in [-0.3, -0.25) is 9.59 Å². The van der Waals surface area contributed by atoms with Crippen LogP contribution in [-0.4, -0.2) is 66.5 Å². The molecular formula is C23H30FN3O5S. The second-order valence-corrected chi connectivity index (χ2v) is 9.69. The molecule has 0 heterocycles. The molecule has 0 aliphatic rings. The molecule has 2 rings (SSSR count). The Morgan fingerprint density at radius 2 is 1.64 bits per heavy atom. The monoisotopic (exact) mass is 479 g/mol. The van der Waals surface area contributed by atoms with Crippen LogP contribution in [0.15, 0.2) is 54.6 Å².